The number of imidazole rings is 1. The molecular weight excluding hydrogens is 204 g/mol. The summed E-state index contributed by atoms with van der Waals surface area (Å²) in [5.41, 5.74) is 7.60. The zero-order valence-electron chi connectivity index (χ0n) is 9.56. The minimum absolute atomic E-state index is 0.579. The summed E-state index contributed by atoms with van der Waals surface area (Å²) in [7, 11) is 3.47. The summed E-state index contributed by atoms with van der Waals surface area (Å²) in [6.07, 6.45) is 1.71. The van der Waals surface area contributed by atoms with E-state index in [0.29, 0.717) is 11.7 Å². The fourth-order valence-corrected chi connectivity index (χ4v) is 1.48. The Balaban J connectivity index is 2.46. The van der Waals surface area contributed by atoms with Gasteiger partial charge in [-0.25, -0.2) is 9.97 Å². The van der Waals surface area contributed by atoms with E-state index in [1.54, 1.807) is 19.4 Å². The van der Waals surface area contributed by atoms with E-state index >= 15 is 0 Å². The first-order valence-electron chi connectivity index (χ1n) is 4.92. The quantitative estimate of drug-likeness (QED) is 0.827. The van der Waals surface area contributed by atoms with E-state index in [0.717, 1.165) is 17.1 Å². The van der Waals surface area contributed by atoms with Gasteiger partial charge in [0.2, 0.25) is 5.88 Å². The molecule has 2 rings (SSSR count). The fraction of sp³-hybridized carbons (Fsp3) is 0.273. The smallest absolute Gasteiger partial charge is 0.212 e. The molecule has 0 aromatic carbocycles. The number of nitrogen functional groups attached to an aromatic ring is 1. The van der Waals surface area contributed by atoms with Crippen molar-refractivity contribution >= 4 is 5.82 Å². The normalized spacial score (nSPS) is 10.4. The Hall–Kier alpha value is -2.04. The topological polar surface area (TPSA) is 66.0 Å². The summed E-state index contributed by atoms with van der Waals surface area (Å²) in [4.78, 5) is 8.52. The molecule has 5 heteroatoms. The van der Waals surface area contributed by atoms with Gasteiger partial charge in [0.15, 0.2) is 0 Å². The zero-order valence-corrected chi connectivity index (χ0v) is 9.56. The van der Waals surface area contributed by atoms with Gasteiger partial charge < -0.3 is 15.0 Å². The molecule has 0 aliphatic heterocycles. The zero-order chi connectivity index (χ0) is 11.7. The van der Waals surface area contributed by atoms with Gasteiger partial charge in [0.25, 0.3) is 0 Å². The van der Waals surface area contributed by atoms with E-state index in [1.807, 2.05) is 24.6 Å². The Bertz CT molecular complexity index is 501. The maximum atomic E-state index is 5.95. The van der Waals surface area contributed by atoms with Crippen LogP contribution in [0, 0.1) is 6.92 Å². The van der Waals surface area contributed by atoms with E-state index in [-0.39, 0.29) is 0 Å². The second kappa shape index (κ2) is 3.84. The van der Waals surface area contributed by atoms with Crippen molar-refractivity contribution < 1.29 is 4.74 Å². The number of aryl methyl sites for hydroxylation is 1. The molecule has 0 radical (unpaired) electrons. The molecule has 0 unspecified atom stereocenters. The highest BCUT2D eigenvalue weighted by molar-refractivity contribution is 5.70. The SMILES string of the molecule is COc1ccc(-c2nc(C)n(C)c2N)cn1. The predicted octanol–water partition coefficient (Wildman–Crippen LogP) is 1.38. The molecule has 84 valence electrons. The van der Waals surface area contributed by atoms with Crippen molar-refractivity contribution in [3.63, 3.8) is 0 Å². The minimum Gasteiger partial charge on any atom is -0.481 e. The molecule has 2 heterocycles. The Morgan fingerprint density at radius 1 is 1.38 bits per heavy atom. The van der Waals surface area contributed by atoms with E-state index in [9.17, 15) is 0 Å². The maximum Gasteiger partial charge on any atom is 0.212 e. The van der Waals surface area contributed by atoms with Crippen LogP contribution in [0.1, 0.15) is 5.82 Å². The summed E-state index contributed by atoms with van der Waals surface area (Å²) in [5.74, 6) is 2.10. The summed E-state index contributed by atoms with van der Waals surface area (Å²) in [6, 6.07) is 3.68. The number of anilines is 1. The van der Waals surface area contributed by atoms with Gasteiger partial charge in [0.05, 0.1) is 7.11 Å². The largest absolute Gasteiger partial charge is 0.481 e. The van der Waals surface area contributed by atoms with Crippen LogP contribution in [0.15, 0.2) is 18.3 Å². The third-order valence-electron chi connectivity index (χ3n) is 2.58. The summed E-state index contributed by atoms with van der Waals surface area (Å²) >= 11 is 0. The fourth-order valence-electron chi connectivity index (χ4n) is 1.48. The summed E-state index contributed by atoms with van der Waals surface area (Å²) < 4.78 is 6.84. The van der Waals surface area contributed by atoms with E-state index in [2.05, 4.69) is 9.97 Å². The summed E-state index contributed by atoms with van der Waals surface area (Å²) in [6.45, 7) is 1.91. The van der Waals surface area contributed by atoms with Gasteiger partial charge in [-0.05, 0) is 13.0 Å². The lowest BCUT2D eigenvalue weighted by molar-refractivity contribution is 0.398. The molecule has 2 aromatic rings. The Morgan fingerprint density at radius 3 is 2.56 bits per heavy atom. The number of ether oxygens (including phenoxy) is 1. The molecule has 0 amide bonds. The number of aromatic nitrogens is 3. The first-order chi connectivity index (χ1) is 7.63. The minimum atomic E-state index is 0.579. The lowest BCUT2D eigenvalue weighted by Crippen LogP contribution is -1.98. The van der Waals surface area contributed by atoms with E-state index < -0.39 is 0 Å². The Morgan fingerprint density at radius 2 is 2.12 bits per heavy atom. The van der Waals surface area contributed by atoms with Gasteiger partial charge in [-0.15, -0.1) is 0 Å². The number of methoxy groups -OCH3 is 1. The van der Waals surface area contributed by atoms with Crippen molar-refractivity contribution in [1.82, 2.24) is 14.5 Å². The van der Waals surface area contributed by atoms with Crippen LogP contribution >= 0.6 is 0 Å². The Labute approximate surface area is 93.9 Å². The lowest BCUT2D eigenvalue weighted by Gasteiger charge is -2.01. The maximum absolute atomic E-state index is 5.95. The Kier molecular flexibility index (Phi) is 2.52. The van der Waals surface area contributed by atoms with Crippen LogP contribution in [-0.4, -0.2) is 21.6 Å². The molecule has 0 aliphatic rings. The number of hydrogen-bond donors (Lipinski definition) is 1. The number of pyridine rings is 1. The lowest BCUT2D eigenvalue weighted by atomic mass is 10.2. The van der Waals surface area contributed by atoms with Gasteiger partial charge in [0.1, 0.15) is 17.3 Å². The molecular formula is C11H14N4O. The molecule has 5 nitrogen and oxygen atoms in total. The highest BCUT2D eigenvalue weighted by atomic mass is 16.5. The van der Waals surface area contributed by atoms with Crippen LogP contribution in [0.3, 0.4) is 0 Å². The first-order valence-corrected chi connectivity index (χ1v) is 4.92. The van der Waals surface area contributed by atoms with Crippen molar-refractivity contribution in [2.45, 2.75) is 6.92 Å². The molecule has 2 N–H and O–H groups in total. The van der Waals surface area contributed by atoms with Crippen LogP contribution in [0.25, 0.3) is 11.3 Å². The van der Waals surface area contributed by atoms with Crippen molar-refractivity contribution in [3.8, 4) is 17.1 Å². The first kappa shape index (κ1) is 10.5. The highest BCUT2D eigenvalue weighted by Crippen LogP contribution is 2.25. The van der Waals surface area contributed by atoms with Crippen LogP contribution < -0.4 is 10.5 Å². The standard InChI is InChI=1S/C11H14N4O/c1-7-14-10(11(12)15(7)2)8-4-5-9(16-3)13-6-8/h4-6H,12H2,1-3H3. The molecule has 0 spiro atoms. The second-order valence-corrected chi connectivity index (χ2v) is 3.54. The van der Waals surface area contributed by atoms with Crippen molar-refractivity contribution in [3.05, 3.63) is 24.2 Å². The van der Waals surface area contributed by atoms with Crippen LogP contribution in [0.4, 0.5) is 5.82 Å². The van der Waals surface area contributed by atoms with Gasteiger partial charge in [-0.1, -0.05) is 0 Å². The van der Waals surface area contributed by atoms with Gasteiger partial charge in [0, 0.05) is 24.9 Å². The third kappa shape index (κ3) is 1.60. The molecule has 0 fully saturated rings. The predicted molar refractivity (Wildman–Crippen MR) is 62.1 cm³/mol. The van der Waals surface area contributed by atoms with E-state index in [4.69, 9.17) is 10.5 Å². The second-order valence-electron chi connectivity index (χ2n) is 3.54. The van der Waals surface area contributed by atoms with Crippen molar-refractivity contribution in [2.24, 2.45) is 7.05 Å². The third-order valence-corrected chi connectivity index (χ3v) is 2.58. The molecule has 0 saturated carbocycles. The number of nitrogens with zero attached hydrogens (tertiary/aromatic N) is 3. The molecule has 0 saturated heterocycles. The number of rotatable bonds is 2. The molecule has 0 bridgehead atoms. The van der Waals surface area contributed by atoms with Gasteiger partial charge in [-0.3, -0.25) is 0 Å². The monoisotopic (exact) mass is 218 g/mol. The number of nitrogens with two attached hydrogens (primary N) is 1. The van der Waals surface area contributed by atoms with Crippen molar-refractivity contribution in [1.29, 1.82) is 0 Å². The highest BCUT2D eigenvalue weighted by Gasteiger charge is 2.11. The van der Waals surface area contributed by atoms with Crippen molar-refractivity contribution in [2.75, 3.05) is 12.8 Å². The van der Waals surface area contributed by atoms with Gasteiger partial charge >= 0.3 is 0 Å². The van der Waals surface area contributed by atoms with Crippen LogP contribution in [0.5, 0.6) is 5.88 Å². The average Bonchev–Trinajstić information content (AvgIpc) is 2.57. The molecule has 2 aromatic heterocycles. The van der Waals surface area contributed by atoms with Crippen LogP contribution in [0.2, 0.25) is 0 Å². The molecule has 0 aliphatic carbocycles. The van der Waals surface area contributed by atoms with Gasteiger partial charge in [-0.2, -0.15) is 0 Å². The van der Waals surface area contributed by atoms with E-state index in [1.165, 1.54) is 0 Å². The molecule has 0 atom stereocenters. The number of hydrogen-bond acceptors (Lipinski definition) is 4. The average molecular weight is 218 g/mol. The van der Waals surface area contributed by atoms with Crippen LogP contribution in [-0.2, 0) is 7.05 Å². The molecule has 16 heavy (non-hydrogen) atoms. The summed E-state index contributed by atoms with van der Waals surface area (Å²) in [5, 5.41) is 0.